The van der Waals surface area contributed by atoms with E-state index in [1.165, 1.54) is 83.5 Å². The van der Waals surface area contributed by atoms with Crippen LogP contribution in [-0.4, -0.2) is 20.0 Å². The van der Waals surface area contributed by atoms with Crippen LogP contribution in [0.4, 0.5) is 0 Å². The fourth-order valence-electron chi connectivity index (χ4n) is 2.81. The molecule has 0 radical (unpaired) electrons. The van der Waals surface area contributed by atoms with Crippen LogP contribution in [-0.2, 0) is 9.47 Å². The van der Waals surface area contributed by atoms with Gasteiger partial charge < -0.3 is 9.47 Å². The molecule has 0 bridgehead atoms. The molecule has 2 nitrogen and oxygen atoms in total. The van der Waals surface area contributed by atoms with Crippen molar-refractivity contribution in [1.29, 1.82) is 0 Å². The minimum atomic E-state index is 0.450. The van der Waals surface area contributed by atoms with E-state index in [9.17, 15) is 0 Å². The maximum Gasteiger partial charge on any atom is 0.146 e. The zero-order chi connectivity index (χ0) is 19.0. The van der Waals surface area contributed by atoms with Crippen LogP contribution in [0.1, 0.15) is 110 Å². The molecular weight excluding hydrogens is 320 g/mol. The summed E-state index contributed by atoms with van der Waals surface area (Å²) >= 11 is 0. The lowest BCUT2D eigenvalue weighted by Crippen LogP contribution is -2.02. The van der Waals surface area contributed by atoms with Crippen molar-refractivity contribution in [2.24, 2.45) is 0 Å². The largest absolute Gasteiger partial charge is 0.355 e. The molecule has 0 aromatic heterocycles. The van der Waals surface area contributed by atoms with Crippen LogP contribution in [0.2, 0.25) is 0 Å². The van der Waals surface area contributed by atoms with Gasteiger partial charge in [-0.25, -0.2) is 0 Å². The molecule has 0 spiro atoms. The third kappa shape index (κ3) is 23.4. The van der Waals surface area contributed by atoms with Gasteiger partial charge in [-0.15, -0.1) is 0 Å². The molecule has 0 amide bonds. The first kappa shape index (κ1) is 25.4. The van der Waals surface area contributed by atoms with Crippen LogP contribution in [0.15, 0.2) is 24.3 Å². The second-order valence-corrected chi connectivity index (χ2v) is 7.21. The highest BCUT2D eigenvalue weighted by Crippen LogP contribution is 2.09. The smallest absolute Gasteiger partial charge is 0.146 e. The first-order chi connectivity index (χ1) is 12.9. The minimum absolute atomic E-state index is 0.450. The van der Waals surface area contributed by atoms with Crippen molar-refractivity contribution in [1.82, 2.24) is 0 Å². The van der Waals surface area contributed by atoms with Gasteiger partial charge in [-0.05, 0) is 44.9 Å². The Morgan fingerprint density at radius 3 is 1.58 bits per heavy atom. The summed E-state index contributed by atoms with van der Waals surface area (Å²) in [5.74, 6) is 0. The zero-order valence-corrected chi connectivity index (χ0v) is 17.9. The summed E-state index contributed by atoms with van der Waals surface area (Å²) in [7, 11) is 0. The number of ether oxygens (including phenoxy) is 2. The van der Waals surface area contributed by atoms with Gasteiger partial charge in [0.05, 0.1) is 6.61 Å². The molecule has 0 aromatic carbocycles. The molecule has 0 saturated carbocycles. The van der Waals surface area contributed by atoms with Crippen molar-refractivity contribution in [3.8, 4) is 0 Å². The molecule has 2 heteroatoms. The molecule has 0 unspecified atom stereocenters. The average molecular weight is 367 g/mol. The van der Waals surface area contributed by atoms with Gasteiger partial charge in [0.25, 0.3) is 0 Å². The molecule has 0 atom stereocenters. The van der Waals surface area contributed by atoms with Gasteiger partial charge >= 0.3 is 0 Å². The highest BCUT2D eigenvalue weighted by Gasteiger charge is 1.91. The Morgan fingerprint density at radius 2 is 0.962 bits per heavy atom. The summed E-state index contributed by atoms with van der Waals surface area (Å²) in [5, 5.41) is 0. The van der Waals surface area contributed by atoms with E-state index in [1.807, 2.05) is 0 Å². The predicted octanol–water partition coefficient (Wildman–Crippen LogP) is 7.98. The predicted molar refractivity (Wildman–Crippen MR) is 116 cm³/mol. The average Bonchev–Trinajstić information content (AvgIpc) is 2.66. The van der Waals surface area contributed by atoms with Crippen LogP contribution in [0.5, 0.6) is 0 Å². The van der Waals surface area contributed by atoms with Gasteiger partial charge in [-0.1, -0.05) is 89.5 Å². The van der Waals surface area contributed by atoms with Crippen LogP contribution < -0.4 is 0 Å². The number of hydrogen-bond acceptors (Lipinski definition) is 2. The van der Waals surface area contributed by atoms with E-state index >= 15 is 0 Å². The summed E-state index contributed by atoms with van der Waals surface area (Å²) in [4.78, 5) is 0. The lowest BCUT2D eigenvalue weighted by atomic mass is 10.1. The van der Waals surface area contributed by atoms with Gasteiger partial charge in [0.1, 0.15) is 6.79 Å². The van der Waals surface area contributed by atoms with Gasteiger partial charge in [-0.3, -0.25) is 0 Å². The first-order valence-corrected chi connectivity index (χ1v) is 11.4. The molecule has 0 aliphatic carbocycles. The number of hydrogen-bond donors (Lipinski definition) is 0. The van der Waals surface area contributed by atoms with Crippen molar-refractivity contribution >= 4 is 0 Å². The molecule has 0 aliphatic heterocycles. The molecule has 0 fully saturated rings. The van der Waals surface area contributed by atoms with Crippen LogP contribution in [0.3, 0.4) is 0 Å². The quantitative estimate of drug-likeness (QED) is 0.116. The molecule has 0 aromatic rings. The third-order valence-electron chi connectivity index (χ3n) is 4.54. The molecular formula is C24H46O2. The zero-order valence-electron chi connectivity index (χ0n) is 17.9. The highest BCUT2D eigenvalue weighted by molar-refractivity contribution is 4.82. The normalized spacial score (nSPS) is 11.9. The molecule has 154 valence electrons. The van der Waals surface area contributed by atoms with Crippen molar-refractivity contribution in [2.75, 3.05) is 20.0 Å². The molecule has 0 rings (SSSR count). The second kappa shape index (κ2) is 24.4. The van der Waals surface area contributed by atoms with E-state index < -0.39 is 0 Å². The van der Waals surface area contributed by atoms with E-state index in [-0.39, 0.29) is 0 Å². The van der Waals surface area contributed by atoms with Gasteiger partial charge in [0.2, 0.25) is 0 Å². The summed E-state index contributed by atoms with van der Waals surface area (Å²) < 4.78 is 10.9. The standard InChI is InChI=1S/C24H46O2/c1-3-5-7-8-9-10-11-12-13-14-15-16-17-18-19-21-23-26-24-25-22-20-6-4-2/h8-9,18-19H,3-7,10-17,20-24H2,1-2H3/b9-8-,19-18-. The number of unbranched alkanes of at least 4 members (excludes halogenated alkanes) is 11. The Labute approximate surface area is 164 Å². The van der Waals surface area contributed by atoms with E-state index in [0.29, 0.717) is 6.79 Å². The maximum absolute atomic E-state index is 5.45. The van der Waals surface area contributed by atoms with Crippen LogP contribution in [0.25, 0.3) is 0 Å². The molecule has 0 aliphatic rings. The van der Waals surface area contributed by atoms with Crippen molar-refractivity contribution < 1.29 is 9.47 Å². The first-order valence-electron chi connectivity index (χ1n) is 11.4. The molecule has 0 heterocycles. The van der Waals surface area contributed by atoms with Crippen molar-refractivity contribution in [3.63, 3.8) is 0 Å². The van der Waals surface area contributed by atoms with Gasteiger partial charge in [-0.2, -0.15) is 0 Å². The molecule has 26 heavy (non-hydrogen) atoms. The summed E-state index contributed by atoms with van der Waals surface area (Å²) in [6.45, 7) is 6.52. The van der Waals surface area contributed by atoms with E-state index in [2.05, 4.69) is 38.2 Å². The van der Waals surface area contributed by atoms with E-state index in [4.69, 9.17) is 9.47 Å². The summed E-state index contributed by atoms with van der Waals surface area (Å²) in [6.07, 6.45) is 28.6. The summed E-state index contributed by atoms with van der Waals surface area (Å²) in [6, 6.07) is 0. The Balaban J connectivity index is 3.09. The lowest BCUT2D eigenvalue weighted by molar-refractivity contribution is -0.0531. The molecule has 0 N–H and O–H groups in total. The monoisotopic (exact) mass is 366 g/mol. The lowest BCUT2D eigenvalue weighted by Gasteiger charge is -2.04. The molecule has 0 saturated heterocycles. The Kier molecular flexibility index (Phi) is 23.8. The van der Waals surface area contributed by atoms with Crippen molar-refractivity contribution in [3.05, 3.63) is 24.3 Å². The Bertz CT molecular complexity index is 297. The topological polar surface area (TPSA) is 18.5 Å². The van der Waals surface area contributed by atoms with Gasteiger partial charge in [0, 0.05) is 6.61 Å². The minimum Gasteiger partial charge on any atom is -0.355 e. The fraction of sp³-hybridized carbons (Fsp3) is 0.833. The number of allylic oxidation sites excluding steroid dienone is 3. The van der Waals surface area contributed by atoms with Crippen LogP contribution in [0, 0.1) is 0 Å². The summed E-state index contributed by atoms with van der Waals surface area (Å²) in [5.41, 5.74) is 0. The SMILES string of the molecule is CCCC/C=C\CCCCCCCC/C=C\CCOCOCCCCC. The fourth-order valence-corrected chi connectivity index (χ4v) is 2.81. The Hall–Kier alpha value is -0.600. The maximum atomic E-state index is 5.45. The Morgan fingerprint density at radius 1 is 0.462 bits per heavy atom. The third-order valence-corrected chi connectivity index (χ3v) is 4.54. The van der Waals surface area contributed by atoms with E-state index in [0.717, 1.165) is 26.1 Å². The highest BCUT2D eigenvalue weighted by atomic mass is 16.7. The van der Waals surface area contributed by atoms with E-state index in [1.54, 1.807) is 0 Å². The van der Waals surface area contributed by atoms with Gasteiger partial charge in [0.15, 0.2) is 0 Å². The van der Waals surface area contributed by atoms with Crippen LogP contribution >= 0.6 is 0 Å². The second-order valence-electron chi connectivity index (χ2n) is 7.21. The van der Waals surface area contributed by atoms with Crippen molar-refractivity contribution in [2.45, 2.75) is 110 Å². The number of rotatable bonds is 21.